The third-order valence-corrected chi connectivity index (χ3v) is 7.08. The largest absolute Gasteiger partial charge is 0.455 e. The summed E-state index contributed by atoms with van der Waals surface area (Å²) in [6.45, 7) is 12.7. The summed E-state index contributed by atoms with van der Waals surface area (Å²) in [5.74, 6) is 3.13. The summed E-state index contributed by atoms with van der Waals surface area (Å²) < 4.78 is 10.8. The van der Waals surface area contributed by atoms with Gasteiger partial charge in [-0.15, -0.1) is 0 Å². The van der Waals surface area contributed by atoms with Crippen molar-refractivity contribution in [2.75, 3.05) is 0 Å². The molecule has 0 N–H and O–H groups in total. The molecule has 162 valence electrons. The first-order valence-corrected chi connectivity index (χ1v) is 11.1. The Morgan fingerprint density at radius 3 is 1.97 bits per heavy atom. The summed E-state index contributed by atoms with van der Waals surface area (Å²) in [4.78, 5) is 22.5. The molecule has 4 bridgehead atoms. The Labute approximate surface area is 180 Å². The fourth-order valence-electron chi connectivity index (χ4n) is 5.90. The molecule has 0 aliphatic heterocycles. The van der Waals surface area contributed by atoms with Gasteiger partial charge in [0.2, 0.25) is 0 Å². The van der Waals surface area contributed by atoms with Crippen LogP contribution < -0.4 is 4.74 Å². The highest BCUT2D eigenvalue weighted by molar-refractivity contribution is 5.87. The molecule has 4 aliphatic rings. The van der Waals surface area contributed by atoms with Crippen molar-refractivity contribution in [3.63, 3.8) is 0 Å². The van der Waals surface area contributed by atoms with E-state index in [0.717, 1.165) is 23.8 Å². The maximum Gasteiger partial charge on any atom is 0.333 e. The van der Waals surface area contributed by atoms with Gasteiger partial charge in [-0.25, -0.2) is 4.79 Å². The second-order valence-corrected chi connectivity index (χ2v) is 9.15. The molecule has 0 radical (unpaired) electrons. The minimum Gasteiger partial charge on any atom is -0.455 e. The van der Waals surface area contributed by atoms with Gasteiger partial charge in [0.1, 0.15) is 11.4 Å². The SMILES string of the molecule is C=C(C)C(=O)OC1(CC)C2CC3CC(C2)CC1C3.C=Cc1ccc(OC(C)=O)cc1. The average molecular weight is 411 g/mol. The maximum absolute atomic E-state index is 12.0. The minimum absolute atomic E-state index is 0.163. The van der Waals surface area contributed by atoms with Gasteiger partial charge in [-0.1, -0.05) is 38.3 Å². The van der Waals surface area contributed by atoms with Gasteiger partial charge in [-0.2, -0.15) is 0 Å². The number of hydrogen-bond acceptors (Lipinski definition) is 4. The van der Waals surface area contributed by atoms with Gasteiger partial charge < -0.3 is 9.47 Å². The molecule has 0 unspecified atom stereocenters. The average Bonchev–Trinajstić information content (AvgIpc) is 2.71. The second kappa shape index (κ2) is 9.20. The molecular weight excluding hydrogens is 376 g/mol. The van der Waals surface area contributed by atoms with Gasteiger partial charge in [0, 0.05) is 12.5 Å². The molecule has 4 fully saturated rings. The zero-order valence-electron chi connectivity index (χ0n) is 18.5. The van der Waals surface area contributed by atoms with E-state index < -0.39 is 0 Å². The lowest BCUT2D eigenvalue weighted by atomic mass is 9.49. The zero-order valence-corrected chi connectivity index (χ0v) is 18.5. The fraction of sp³-hybridized carbons (Fsp3) is 0.538. The van der Waals surface area contributed by atoms with Crippen LogP contribution in [0.1, 0.15) is 64.9 Å². The van der Waals surface area contributed by atoms with E-state index in [0.29, 0.717) is 23.2 Å². The summed E-state index contributed by atoms with van der Waals surface area (Å²) in [6, 6.07) is 7.15. The lowest BCUT2D eigenvalue weighted by Gasteiger charge is -2.60. The Morgan fingerprint density at radius 2 is 1.57 bits per heavy atom. The number of hydrogen-bond donors (Lipinski definition) is 0. The zero-order chi connectivity index (χ0) is 21.9. The van der Waals surface area contributed by atoms with Gasteiger partial charge in [0.15, 0.2) is 0 Å². The summed E-state index contributed by atoms with van der Waals surface area (Å²) in [6.07, 6.45) is 9.27. The summed E-state index contributed by atoms with van der Waals surface area (Å²) in [7, 11) is 0. The predicted octanol–water partition coefficient (Wildman–Crippen LogP) is 5.97. The fourth-order valence-corrected chi connectivity index (χ4v) is 5.90. The van der Waals surface area contributed by atoms with Gasteiger partial charge >= 0.3 is 11.9 Å². The Morgan fingerprint density at radius 1 is 1.03 bits per heavy atom. The van der Waals surface area contributed by atoms with Crippen LogP contribution in [0.4, 0.5) is 0 Å². The van der Waals surface area contributed by atoms with Gasteiger partial charge in [0.25, 0.3) is 0 Å². The van der Waals surface area contributed by atoms with Crippen molar-refractivity contribution in [3.8, 4) is 5.75 Å². The second-order valence-electron chi connectivity index (χ2n) is 9.15. The van der Waals surface area contributed by atoms with E-state index in [4.69, 9.17) is 9.47 Å². The van der Waals surface area contributed by atoms with Gasteiger partial charge in [-0.05, 0) is 86.8 Å². The molecule has 4 saturated carbocycles. The number of carbonyl (C=O) groups is 2. The molecule has 0 saturated heterocycles. The third-order valence-electron chi connectivity index (χ3n) is 7.08. The molecule has 0 spiro atoms. The van der Waals surface area contributed by atoms with E-state index in [9.17, 15) is 9.59 Å². The maximum atomic E-state index is 12.0. The van der Waals surface area contributed by atoms with Crippen molar-refractivity contribution < 1.29 is 19.1 Å². The van der Waals surface area contributed by atoms with Crippen molar-refractivity contribution in [1.29, 1.82) is 0 Å². The molecule has 1 aromatic carbocycles. The minimum atomic E-state index is -0.304. The highest BCUT2D eigenvalue weighted by Gasteiger charge is 2.58. The number of benzene rings is 1. The Hall–Kier alpha value is -2.36. The quantitative estimate of drug-likeness (QED) is 0.341. The molecule has 4 aliphatic carbocycles. The molecule has 4 nitrogen and oxygen atoms in total. The predicted molar refractivity (Wildman–Crippen MR) is 119 cm³/mol. The first-order chi connectivity index (χ1) is 14.3. The molecule has 5 rings (SSSR count). The molecule has 30 heavy (non-hydrogen) atoms. The van der Waals surface area contributed by atoms with E-state index in [1.807, 2.05) is 12.1 Å². The topological polar surface area (TPSA) is 52.6 Å². The molecule has 0 heterocycles. The van der Waals surface area contributed by atoms with E-state index in [1.165, 1.54) is 39.0 Å². The van der Waals surface area contributed by atoms with Crippen LogP contribution >= 0.6 is 0 Å². The molecule has 0 amide bonds. The van der Waals surface area contributed by atoms with Crippen LogP contribution in [0.5, 0.6) is 5.75 Å². The Bertz CT molecular complexity index is 777. The van der Waals surface area contributed by atoms with Crippen LogP contribution in [0, 0.1) is 23.7 Å². The molecule has 1 aromatic rings. The van der Waals surface area contributed by atoms with Crippen LogP contribution in [-0.4, -0.2) is 17.5 Å². The Kier molecular flexibility index (Phi) is 6.84. The first kappa shape index (κ1) is 22.3. The van der Waals surface area contributed by atoms with E-state index in [1.54, 1.807) is 25.1 Å². The van der Waals surface area contributed by atoms with Crippen molar-refractivity contribution in [2.24, 2.45) is 23.7 Å². The molecule has 0 atom stereocenters. The molecule has 4 heteroatoms. The van der Waals surface area contributed by atoms with E-state index >= 15 is 0 Å². The van der Waals surface area contributed by atoms with Crippen molar-refractivity contribution >= 4 is 18.0 Å². The standard InChI is InChI=1S/C16H24O2.C10H10O2/c1-4-16(18-15(17)10(2)3)13-6-11-5-12(8-13)9-14(16)7-11;1-3-9-4-6-10(7-5-9)12-8(2)11/h11-14H,2,4-9H2,1,3H3;3-7H,1H2,2H3. The number of carbonyl (C=O) groups excluding carboxylic acids is 2. The number of ether oxygens (including phenoxy) is 2. The summed E-state index contributed by atoms with van der Waals surface area (Å²) in [5.41, 5.74) is 1.38. The van der Waals surface area contributed by atoms with Crippen LogP contribution in [-0.2, 0) is 14.3 Å². The van der Waals surface area contributed by atoms with Crippen LogP contribution in [0.3, 0.4) is 0 Å². The lowest BCUT2D eigenvalue weighted by molar-refractivity contribution is -0.207. The molecular formula is C26H34O4. The summed E-state index contributed by atoms with van der Waals surface area (Å²) in [5, 5.41) is 0. The van der Waals surface area contributed by atoms with Gasteiger partial charge in [-0.3, -0.25) is 4.79 Å². The van der Waals surface area contributed by atoms with Crippen molar-refractivity contribution in [2.45, 2.75) is 64.9 Å². The lowest BCUT2D eigenvalue weighted by Crippen LogP contribution is -2.59. The van der Waals surface area contributed by atoms with E-state index in [-0.39, 0.29) is 17.5 Å². The van der Waals surface area contributed by atoms with Crippen molar-refractivity contribution in [1.82, 2.24) is 0 Å². The highest BCUT2D eigenvalue weighted by atomic mass is 16.6. The molecule has 0 aromatic heterocycles. The van der Waals surface area contributed by atoms with Crippen LogP contribution in [0.25, 0.3) is 6.08 Å². The Balaban J connectivity index is 0.000000187. The first-order valence-electron chi connectivity index (χ1n) is 11.1. The highest BCUT2D eigenvalue weighted by Crippen LogP contribution is 2.60. The van der Waals surface area contributed by atoms with E-state index in [2.05, 4.69) is 20.1 Å². The van der Waals surface area contributed by atoms with Crippen LogP contribution in [0.15, 0.2) is 43.0 Å². The van der Waals surface area contributed by atoms with Crippen molar-refractivity contribution in [3.05, 3.63) is 48.6 Å². The summed E-state index contributed by atoms with van der Waals surface area (Å²) >= 11 is 0. The smallest absolute Gasteiger partial charge is 0.333 e. The third kappa shape index (κ3) is 4.69. The van der Waals surface area contributed by atoms with Crippen LogP contribution in [0.2, 0.25) is 0 Å². The van der Waals surface area contributed by atoms with Gasteiger partial charge in [0.05, 0.1) is 0 Å². The monoisotopic (exact) mass is 410 g/mol. The number of esters is 2. The number of rotatable bonds is 5. The normalized spacial score (nSPS) is 30.6.